The summed E-state index contributed by atoms with van der Waals surface area (Å²) in [6, 6.07) is 0. The van der Waals surface area contributed by atoms with E-state index < -0.39 is 0 Å². The molecule has 0 N–H and O–H groups in total. The number of methoxy groups -OCH3 is 1. The lowest BCUT2D eigenvalue weighted by atomic mass is 9.87. The van der Waals surface area contributed by atoms with Crippen molar-refractivity contribution in [2.45, 2.75) is 59.3 Å². The Morgan fingerprint density at radius 2 is 1.71 bits per heavy atom. The summed E-state index contributed by atoms with van der Waals surface area (Å²) in [6.07, 6.45) is 6.98. The Balaban J connectivity index is 3.07. The molecule has 2 nitrogen and oxygen atoms in total. The Kier molecular flexibility index (Phi) is 5.46. The second kappa shape index (κ2) is 6.63. The molecule has 0 saturated carbocycles. The van der Waals surface area contributed by atoms with Gasteiger partial charge in [-0.05, 0) is 43.7 Å². The van der Waals surface area contributed by atoms with Crippen LogP contribution < -0.4 is 4.74 Å². The monoisotopic (exact) mass is 235 g/mol. The van der Waals surface area contributed by atoms with Crippen LogP contribution in [0.5, 0.6) is 5.88 Å². The summed E-state index contributed by atoms with van der Waals surface area (Å²) in [4.78, 5) is 4.42. The molecule has 0 aliphatic rings. The molecule has 0 atom stereocenters. The van der Waals surface area contributed by atoms with E-state index in [1.807, 2.05) is 6.20 Å². The predicted molar refractivity (Wildman–Crippen MR) is 72.8 cm³/mol. The van der Waals surface area contributed by atoms with E-state index in [4.69, 9.17) is 4.74 Å². The molecule has 0 aliphatic heterocycles. The van der Waals surface area contributed by atoms with Gasteiger partial charge in [0, 0.05) is 11.8 Å². The number of hydrogen-bond donors (Lipinski definition) is 0. The maximum absolute atomic E-state index is 5.27. The van der Waals surface area contributed by atoms with E-state index in [0.717, 1.165) is 5.88 Å². The SMILES string of the molecule is CCCC(CCC)c1cnc(OC)c(C)c1C. The molecule has 0 unspecified atom stereocenters. The molecule has 0 saturated heterocycles. The Morgan fingerprint density at radius 3 is 2.18 bits per heavy atom. The lowest BCUT2D eigenvalue weighted by molar-refractivity contribution is 0.393. The first-order valence-corrected chi connectivity index (χ1v) is 6.65. The number of pyridine rings is 1. The standard InChI is InChI=1S/C15H25NO/c1-6-8-13(9-7-2)14-10-16-15(17-5)12(4)11(14)3/h10,13H,6-9H2,1-5H3. The van der Waals surface area contributed by atoms with Gasteiger partial charge in [0.1, 0.15) is 0 Å². The zero-order chi connectivity index (χ0) is 12.8. The van der Waals surface area contributed by atoms with Crippen molar-refractivity contribution in [3.8, 4) is 5.88 Å². The third kappa shape index (κ3) is 3.21. The summed E-state index contributed by atoms with van der Waals surface area (Å²) in [5.74, 6) is 1.42. The number of hydrogen-bond acceptors (Lipinski definition) is 2. The van der Waals surface area contributed by atoms with Crippen molar-refractivity contribution < 1.29 is 4.74 Å². The van der Waals surface area contributed by atoms with E-state index in [2.05, 4.69) is 32.7 Å². The first-order chi connectivity index (χ1) is 8.15. The molecule has 2 heteroatoms. The summed E-state index contributed by atoms with van der Waals surface area (Å²) in [5.41, 5.74) is 3.94. The minimum atomic E-state index is 0.655. The van der Waals surface area contributed by atoms with E-state index in [9.17, 15) is 0 Å². The number of nitrogens with zero attached hydrogens (tertiary/aromatic N) is 1. The van der Waals surface area contributed by atoms with Gasteiger partial charge in [-0.3, -0.25) is 0 Å². The molecule has 0 amide bonds. The fourth-order valence-corrected chi connectivity index (χ4v) is 2.47. The van der Waals surface area contributed by atoms with Gasteiger partial charge in [-0.15, -0.1) is 0 Å². The van der Waals surface area contributed by atoms with E-state index >= 15 is 0 Å². The summed E-state index contributed by atoms with van der Waals surface area (Å²) in [5, 5.41) is 0. The minimum absolute atomic E-state index is 0.655. The van der Waals surface area contributed by atoms with Crippen LogP contribution in [0, 0.1) is 13.8 Å². The quantitative estimate of drug-likeness (QED) is 0.729. The maximum atomic E-state index is 5.27. The van der Waals surface area contributed by atoms with Crippen LogP contribution in [-0.2, 0) is 0 Å². The van der Waals surface area contributed by atoms with Crippen LogP contribution in [0.25, 0.3) is 0 Å². The van der Waals surface area contributed by atoms with Gasteiger partial charge in [-0.2, -0.15) is 0 Å². The van der Waals surface area contributed by atoms with Crippen LogP contribution in [0.15, 0.2) is 6.20 Å². The first-order valence-electron chi connectivity index (χ1n) is 6.65. The molecule has 0 fully saturated rings. The fourth-order valence-electron chi connectivity index (χ4n) is 2.47. The van der Waals surface area contributed by atoms with Gasteiger partial charge >= 0.3 is 0 Å². The molecule has 1 rings (SSSR count). The van der Waals surface area contributed by atoms with Crippen molar-refractivity contribution in [3.63, 3.8) is 0 Å². The number of ether oxygens (including phenoxy) is 1. The normalized spacial score (nSPS) is 10.9. The van der Waals surface area contributed by atoms with Crippen LogP contribution in [0.2, 0.25) is 0 Å². The highest BCUT2D eigenvalue weighted by molar-refractivity contribution is 5.39. The molecule has 1 heterocycles. The highest BCUT2D eigenvalue weighted by atomic mass is 16.5. The Bertz CT molecular complexity index is 354. The molecule has 0 radical (unpaired) electrons. The predicted octanol–water partition coefficient (Wildman–Crippen LogP) is 4.39. The number of aromatic nitrogens is 1. The molecule has 1 aromatic heterocycles. The second-order valence-electron chi connectivity index (χ2n) is 4.75. The van der Waals surface area contributed by atoms with E-state index in [0.29, 0.717) is 5.92 Å². The van der Waals surface area contributed by atoms with Crippen molar-refractivity contribution in [2.24, 2.45) is 0 Å². The summed E-state index contributed by atoms with van der Waals surface area (Å²) >= 11 is 0. The lowest BCUT2D eigenvalue weighted by Gasteiger charge is -2.20. The number of rotatable bonds is 6. The van der Waals surface area contributed by atoms with E-state index in [-0.39, 0.29) is 0 Å². The zero-order valence-electron chi connectivity index (χ0n) is 11.8. The van der Waals surface area contributed by atoms with Crippen LogP contribution in [-0.4, -0.2) is 12.1 Å². The highest BCUT2D eigenvalue weighted by Crippen LogP contribution is 2.32. The summed E-state index contributed by atoms with van der Waals surface area (Å²) < 4.78 is 5.27. The summed E-state index contributed by atoms with van der Waals surface area (Å²) in [6.45, 7) is 8.79. The largest absolute Gasteiger partial charge is 0.481 e. The van der Waals surface area contributed by atoms with Gasteiger partial charge in [0.2, 0.25) is 5.88 Å². The highest BCUT2D eigenvalue weighted by Gasteiger charge is 2.16. The lowest BCUT2D eigenvalue weighted by Crippen LogP contribution is -2.05. The van der Waals surface area contributed by atoms with Crippen molar-refractivity contribution in [3.05, 3.63) is 22.9 Å². The third-order valence-electron chi connectivity index (χ3n) is 3.54. The fraction of sp³-hybridized carbons (Fsp3) is 0.667. The van der Waals surface area contributed by atoms with Crippen molar-refractivity contribution in [1.29, 1.82) is 0 Å². The topological polar surface area (TPSA) is 22.1 Å². The first kappa shape index (κ1) is 14.0. The molecule has 1 aromatic rings. The minimum Gasteiger partial charge on any atom is -0.481 e. The third-order valence-corrected chi connectivity index (χ3v) is 3.54. The Labute approximate surface area is 105 Å². The van der Waals surface area contributed by atoms with Crippen molar-refractivity contribution in [2.75, 3.05) is 7.11 Å². The van der Waals surface area contributed by atoms with Crippen LogP contribution in [0.4, 0.5) is 0 Å². The molecule has 17 heavy (non-hydrogen) atoms. The van der Waals surface area contributed by atoms with Gasteiger partial charge < -0.3 is 4.74 Å². The van der Waals surface area contributed by atoms with Crippen LogP contribution in [0.3, 0.4) is 0 Å². The maximum Gasteiger partial charge on any atom is 0.216 e. The molecule has 0 aliphatic carbocycles. The summed E-state index contributed by atoms with van der Waals surface area (Å²) in [7, 11) is 1.68. The molecule has 0 bridgehead atoms. The van der Waals surface area contributed by atoms with E-state index in [1.165, 1.54) is 42.4 Å². The average molecular weight is 235 g/mol. The molecule has 96 valence electrons. The second-order valence-corrected chi connectivity index (χ2v) is 4.75. The van der Waals surface area contributed by atoms with Gasteiger partial charge in [0.25, 0.3) is 0 Å². The van der Waals surface area contributed by atoms with Crippen molar-refractivity contribution >= 4 is 0 Å². The van der Waals surface area contributed by atoms with Gasteiger partial charge in [-0.25, -0.2) is 4.98 Å². The van der Waals surface area contributed by atoms with Crippen LogP contribution in [0.1, 0.15) is 62.1 Å². The van der Waals surface area contributed by atoms with Gasteiger partial charge in [0.05, 0.1) is 7.11 Å². The Hall–Kier alpha value is -1.05. The smallest absolute Gasteiger partial charge is 0.216 e. The van der Waals surface area contributed by atoms with Gasteiger partial charge in [0.15, 0.2) is 0 Å². The Morgan fingerprint density at radius 1 is 1.12 bits per heavy atom. The van der Waals surface area contributed by atoms with Crippen molar-refractivity contribution in [1.82, 2.24) is 4.98 Å². The average Bonchev–Trinajstić information content (AvgIpc) is 2.32. The molecular formula is C15H25NO. The van der Waals surface area contributed by atoms with Gasteiger partial charge in [-0.1, -0.05) is 26.7 Å². The molecular weight excluding hydrogens is 210 g/mol. The molecule has 0 spiro atoms. The van der Waals surface area contributed by atoms with Crippen LogP contribution >= 0.6 is 0 Å². The molecule has 0 aromatic carbocycles. The zero-order valence-corrected chi connectivity index (χ0v) is 11.8. The van der Waals surface area contributed by atoms with E-state index in [1.54, 1.807) is 7.11 Å².